The summed E-state index contributed by atoms with van der Waals surface area (Å²) in [4.78, 5) is 12.2. The molecule has 0 unspecified atom stereocenters. The van der Waals surface area contributed by atoms with Crippen molar-refractivity contribution >= 4 is 37.5 Å². The lowest BCUT2D eigenvalue weighted by molar-refractivity contribution is 0.0905. The first kappa shape index (κ1) is 19.4. The van der Waals surface area contributed by atoms with E-state index in [1.54, 1.807) is 44.4 Å². The molecule has 2 rings (SSSR count). The first-order chi connectivity index (χ1) is 11.8. The predicted molar refractivity (Wildman–Crippen MR) is 100 cm³/mol. The molecule has 0 saturated carbocycles. The highest BCUT2D eigenvalue weighted by Crippen LogP contribution is 2.19. The Kier molecular flexibility index (Phi) is 6.57. The number of halogens is 1. The maximum Gasteiger partial charge on any atom is 0.261 e. The van der Waals surface area contributed by atoms with Crippen molar-refractivity contribution in [1.82, 2.24) is 5.32 Å². The molecule has 1 atom stereocenters. The standard InChI is InChI=1S/C17H19BrN2O4S/c1-12(11-24-2)19-17(21)13-4-3-5-16(10-13)25(22,23)20-15-8-6-14(18)7-9-15/h3-10,12,20H,11H2,1-2H3,(H,19,21)/t12-/m1/s1. The van der Waals surface area contributed by atoms with Crippen LogP contribution in [0.1, 0.15) is 17.3 Å². The van der Waals surface area contributed by atoms with Crippen molar-refractivity contribution in [2.45, 2.75) is 17.9 Å². The van der Waals surface area contributed by atoms with Crippen LogP contribution in [0.25, 0.3) is 0 Å². The molecule has 2 aromatic rings. The zero-order valence-corrected chi connectivity index (χ0v) is 16.2. The third-order valence-corrected chi connectivity index (χ3v) is 5.20. The van der Waals surface area contributed by atoms with E-state index < -0.39 is 10.0 Å². The van der Waals surface area contributed by atoms with Gasteiger partial charge in [0.05, 0.1) is 11.5 Å². The minimum atomic E-state index is -3.79. The molecule has 0 fully saturated rings. The van der Waals surface area contributed by atoms with Crippen molar-refractivity contribution in [3.8, 4) is 0 Å². The van der Waals surface area contributed by atoms with Gasteiger partial charge in [-0.05, 0) is 49.4 Å². The average molecular weight is 427 g/mol. The lowest BCUT2D eigenvalue weighted by Crippen LogP contribution is -2.35. The van der Waals surface area contributed by atoms with Crippen LogP contribution >= 0.6 is 15.9 Å². The second-order valence-electron chi connectivity index (χ2n) is 5.47. The third-order valence-electron chi connectivity index (χ3n) is 3.30. The van der Waals surface area contributed by atoms with E-state index in [2.05, 4.69) is 26.0 Å². The summed E-state index contributed by atoms with van der Waals surface area (Å²) in [7, 11) is -2.25. The molecule has 0 bridgehead atoms. The summed E-state index contributed by atoms with van der Waals surface area (Å²) < 4.78 is 33.3. The van der Waals surface area contributed by atoms with Gasteiger partial charge in [-0.3, -0.25) is 9.52 Å². The molecule has 0 radical (unpaired) electrons. The highest BCUT2D eigenvalue weighted by Gasteiger charge is 2.17. The van der Waals surface area contributed by atoms with Crippen LogP contribution < -0.4 is 10.0 Å². The van der Waals surface area contributed by atoms with Crippen molar-refractivity contribution < 1.29 is 17.9 Å². The summed E-state index contributed by atoms with van der Waals surface area (Å²) in [5.74, 6) is -0.356. The van der Waals surface area contributed by atoms with Gasteiger partial charge in [0.1, 0.15) is 0 Å². The number of methoxy groups -OCH3 is 1. The molecule has 2 aromatic carbocycles. The number of hydrogen-bond acceptors (Lipinski definition) is 4. The Morgan fingerprint density at radius 3 is 2.52 bits per heavy atom. The first-order valence-corrected chi connectivity index (χ1v) is 9.77. The minimum absolute atomic E-state index is 0.0162. The summed E-state index contributed by atoms with van der Waals surface area (Å²) in [6, 6.07) is 12.5. The molecule has 0 aliphatic carbocycles. The molecular weight excluding hydrogens is 408 g/mol. The van der Waals surface area contributed by atoms with Gasteiger partial charge >= 0.3 is 0 Å². The maximum atomic E-state index is 12.5. The van der Waals surface area contributed by atoms with E-state index in [9.17, 15) is 13.2 Å². The van der Waals surface area contributed by atoms with Crippen molar-refractivity contribution in [2.24, 2.45) is 0 Å². The second kappa shape index (κ2) is 8.46. The molecule has 134 valence electrons. The van der Waals surface area contributed by atoms with Crippen molar-refractivity contribution in [3.63, 3.8) is 0 Å². The maximum absolute atomic E-state index is 12.5. The van der Waals surface area contributed by atoms with Gasteiger partial charge in [-0.1, -0.05) is 22.0 Å². The Balaban J connectivity index is 2.18. The Morgan fingerprint density at radius 1 is 1.20 bits per heavy atom. The van der Waals surface area contributed by atoms with E-state index >= 15 is 0 Å². The van der Waals surface area contributed by atoms with Crippen LogP contribution in [0.4, 0.5) is 5.69 Å². The number of benzene rings is 2. The summed E-state index contributed by atoms with van der Waals surface area (Å²) in [6.45, 7) is 2.17. The fraction of sp³-hybridized carbons (Fsp3) is 0.235. The quantitative estimate of drug-likeness (QED) is 0.712. The molecule has 0 spiro atoms. The molecule has 0 saturated heterocycles. The molecule has 0 aliphatic heterocycles. The smallest absolute Gasteiger partial charge is 0.261 e. The highest BCUT2D eigenvalue weighted by atomic mass is 79.9. The van der Waals surface area contributed by atoms with Crippen LogP contribution in [0, 0.1) is 0 Å². The van der Waals surface area contributed by atoms with Crippen LogP contribution in [-0.2, 0) is 14.8 Å². The number of rotatable bonds is 7. The molecule has 6 nitrogen and oxygen atoms in total. The van der Waals surface area contributed by atoms with Crippen LogP contribution in [0.3, 0.4) is 0 Å². The number of nitrogens with one attached hydrogen (secondary N) is 2. The van der Waals surface area contributed by atoms with E-state index in [1.807, 2.05) is 0 Å². The Labute approximate surface area is 155 Å². The summed E-state index contributed by atoms with van der Waals surface area (Å²) in [6.07, 6.45) is 0. The third kappa shape index (κ3) is 5.55. The van der Waals surface area contributed by atoms with Crippen LogP contribution in [0.15, 0.2) is 57.9 Å². The van der Waals surface area contributed by atoms with Gasteiger partial charge in [0.25, 0.3) is 15.9 Å². The van der Waals surface area contributed by atoms with E-state index in [0.29, 0.717) is 12.3 Å². The van der Waals surface area contributed by atoms with Gasteiger partial charge in [-0.25, -0.2) is 8.42 Å². The van der Waals surface area contributed by atoms with Crippen molar-refractivity contribution in [2.75, 3.05) is 18.4 Å². The molecule has 1 amide bonds. The summed E-state index contributed by atoms with van der Waals surface area (Å²) in [5, 5.41) is 2.75. The van der Waals surface area contributed by atoms with Gasteiger partial charge in [0, 0.05) is 28.9 Å². The van der Waals surface area contributed by atoms with Crippen molar-refractivity contribution in [1.29, 1.82) is 0 Å². The summed E-state index contributed by atoms with van der Waals surface area (Å²) >= 11 is 3.30. The molecule has 0 aliphatic rings. The zero-order valence-electron chi connectivity index (χ0n) is 13.8. The van der Waals surface area contributed by atoms with E-state index in [4.69, 9.17) is 4.74 Å². The SMILES string of the molecule is COC[C@@H](C)NC(=O)c1cccc(S(=O)(=O)Nc2ccc(Br)cc2)c1. The van der Waals surface area contributed by atoms with Crippen LogP contribution in [0.2, 0.25) is 0 Å². The molecule has 0 aromatic heterocycles. The first-order valence-electron chi connectivity index (χ1n) is 7.50. The highest BCUT2D eigenvalue weighted by molar-refractivity contribution is 9.10. The molecule has 2 N–H and O–H groups in total. The Bertz CT molecular complexity index is 838. The molecule has 8 heteroatoms. The number of carbonyl (C=O) groups excluding carboxylic acids is 1. The lowest BCUT2D eigenvalue weighted by Gasteiger charge is -2.13. The number of carbonyl (C=O) groups is 1. The van der Waals surface area contributed by atoms with E-state index in [1.165, 1.54) is 18.2 Å². The zero-order chi connectivity index (χ0) is 18.4. The average Bonchev–Trinajstić information content (AvgIpc) is 2.57. The van der Waals surface area contributed by atoms with Gasteiger partial charge in [0.15, 0.2) is 0 Å². The fourth-order valence-corrected chi connectivity index (χ4v) is 3.50. The fourth-order valence-electron chi connectivity index (χ4n) is 2.14. The second-order valence-corrected chi connectivity index (χ2v) is 8.07. The van der Waals surface area contributed by atoms with Gasteiger partial charge in [0.2, 0.25) is 0 Å². The number of anilines is 1. The number of ether oxygens (including phenoxy) is 1. The van der Waals surface area contributed by atoms with Crippen LogP contribution in [-0.4, -0.2) is 34.1 Å². The number of sulfonamides is 1. The monoisotopic (exact) mass is 426 g/mol. The Morgan fingerprint density at radius 2 is 1.88 bits per heavy atom. The van der Waals surface area contributed by atoms with Gasteiger partial charge in [-0.2, -0.15) is 0 Å². The van der Waals surface area contributed by atoms with Crippen molar-refractivity contribution in [3.05, 3.63) is 58.6 Å². The minimum Gasteiger partial charge on any atom is -0.383 e. The summed E-state index contributed by atoms with van der Waals surface area (Å²) in [5.41, 5.74) is 0.702. The Hall–Kier alpha value is -1.90. The molecular formula is C17H19BrN2O4S. The topological polar surface area (TPSA) is 84.5 Å². The lowest BCUT2D eigenvalue weighted by atomic mass is 10.2. The van der Waals surface area contributed by atoms with Gasteiger partial charge < -0.3 is 10.1 Å². The van der Waals surface area contributed by atoms with E-state index in [0.717, 1.165) is 4.47 Å². The molecule has 0 heterocycles. The molecule has 25 heavy (non-hydrogen) atoms. The normalized spacial score (nSPS) is 12.4. The van der Waals surface area contributed by atoms with Gasteiger partial charge in [-0.15, -0.1) is 0 Å². The number of amides is 1. The van der Waals surface area contributed by atoms with E-state index in [-0.39, 0.29) is 22.4 Å². The number of hydrogen-bond donors (Lipinski definition) is 2. The largest absolute Gasteiger partial charge is 0.383 e. The van der Waals surface area contributed by atoms with Crippen LogP contribution in [0.5, 0.6) is 0 Å². The predicted octanol–water partition coefficient (Wildman–Crippen LogP) is 3.01.